The molecule has 1 aromatic rings. The highest BCUT2D eigenvalue weighted by atomic mass is 16.4. The molecule has 0 spiro atoms. The number of carbonyl (C=O) groups excluding carboxylic acids is 3. The number of aliphatic carboxylic acids is 1. The van der Waals surface area contributed by atoms with Gasteiger partial charge in [-0.3, -0.25) is 19.2 Å². The van der Waals surface area contributed by atoms with E-state index in [4.69, 9.17) is 5.11 Å². The molecule has 1 heterocycles. The third-order valence-corrected chi connectivity index (χ3v) is 4.57. The van der Waals surface area contributed by atoms with Gasteiger partial charge in [0.15, 0.2) is 0 Å². The Morgan fingerprint density at radius 2 is 1.88 bits per heavy atom. The maximum Gasteiger partial charge on any atom is 0.319 e. The van der Waals surface area contributed by atoms with Crippen LogP contribution in [0.5, 0.6) is 0 Å². The Morgan fingerprint density at radius 3 is 2.44 bits per heavy atom. The van der Waals surface area contributed by atoms with Crippen molar-refractivity contribution < 1.29 is 24.3 Å². The summed E-state index contributed by atoms with van der Waals surface area (Å²) in [5.41, 5.74) is -0.0264. The maximum atomic E-state index is 12.3. The Morgan fingerprint density at radius 1 is 1.20 bits per heavy atom. The van der Waals surface area contributed by atoms with Gasteiger partial charge in [-0.1, -0.05) is 12.1 Å². The maximum absolute atomic E-state index is 12.3. The molecule has 3 amide bonds. The summed E-state index contributed by atoms with van der Waals surface area (Å²) >= 11 is 0. The molecule has 1 aliphatic carbocycles. The van der Waals surface area contributed by atoms with Crippen LogP contribution < -0.4 is 10.6 Å². The number of piperazine rings is 1. The summed E-state index contributed by atoms with van der Waals surface area (Å²) in [6.45, 7) is 1.17. The average molecular weight is 345 g/mol. The van der Waals surface area contributed by atoms with Crippen molar-refractivity contribution in [2.75, 3.05) is 19.6 Å². The predicted molar refractivity (Wildman–Crippen MR) is 86.5 cm³/mol. The summed E-state index contributed by atoms with van der Waals surface area (Å²) in [6, 6.07) is 6.69. The molecular weight excluding hydrogens is 326 g/mol. The first-order valence-electron chi connectivity index (χ1n) is 8.09. The predicted octanol–water partition coefficient (Wildman–Crippen LogP) is -0.260. The van der Waals surface area contributed by atoms with Gasteiger partial charge in [0, 0.05) is 25.2 Å². The molecule has 0 atom stereocenters. The van der Waals surface area contributed by atoms with Gasteiger partial charge in [0.05, 0.1) is 6.54 Å². The third kappa shape index (κ3) is 3.47. The van der Waals surface area contributed by atoms with E-state index in [0.29, 0.717) is 31.5 Å². The summed E-state index contributed by atoms with van der Waals surface area (Å²) < 4.78 is 0. The molecule has 0 bridgehead atoms. The van der Waals surface area contributed by atoms with E-state index in [0.717, 1.165) is 5.56 Å². The van der Waals surface area contributed by atoms with Crippen LogP contribution in [0.2, 0.25) is 0 Å². The molecule has 25 heavy (non-hydrogen) atoms. The van der Waals surface area contributed by atoms with Crippen molar-refractivity contribution in [2.45, 2.75) is 19.4 Å². The zero-order valence-electron chi connectivity index (χ0n) is 13.6. The van der Waals surface area contributed by atoms with Crippen molar-refractivity contribution in [3.8, 4) is 0 Å². The number of carboxylic acid groups (broad SMARTS) is 1. The number of carboxylic acids is 1. The summed E-state index contributed by atoms with van der Waals surface area (Å²) in [4.78, 5) is 48.3. The minimum absolute atomic E-state index is 0.0495. The Bertz CT molecular complexity index is 724. The first-order chi connectivity index (χ1) is 11.9. The average Bonchev–Trinajstić information content (AvgIpc) is 3.41. The van der Waals surface area contributed by atoms with Crippen LogP contribution in [0.15, 0.2) is 24.3 Å². The Hall–Kier alpha value is -2.90. The standard InChI is InChI=1S/C17H19N3O5/c21-13-10-20(8-7-18-13)14(22)12-3-1-11(2-4-12)9-19-15(23)17(5-6-17)16(24)25/h1-4H,5-10H2,(H,18,21)(H,19,23)(H,24,25). The van der Waals surface area contributed by atoms with E-state index >= 15 is 0 Å². The van der Waals surface area contributed by atoms with E-state index in [-0.39, 0.29) is 24.9 Å². The van der Waals surface area contributed by atoms with E-state index in [1.165, 1.54) is 4.90 Å². The smallest absolute Gasteiger partial charge is 0.319 e. The number of benzene rings is 1. The van der Waals surface area contributed by atoms with Crippen LogP contribution in [-0.4, -0.2) is 53.3 Å². The number of carbonyl (C=O) groups is 4. The van der Waals surface area contributed by atoms with Gasteiger partial charge >= 0.3 is 5.97 Å². The quantitative estimate of drug-likeness (QED) is 0.636. The number of rotatable bonds is 5. The van der Waals surface area contributed by atoms with Crippen molar-refractivity contribution in [3.63, 3.8) is 0 Å². The van der Waals surface area contributed by atoms with Gasteiger partial charge in [-0.2, -0.15) is 0 Å². The van der Waals surface area contributed by atoms with Crippen molar-refractivity contribution in [3.05, 3.63) is 35.4 Å². The zero-order valence-corrected chi connectivity index (χ0v) is 13.6. The minimum Gasteiger partial charge on any atom is -0.480 e. The van der Waals surface area contributed by atoms with Gasteiger partial charge < -0.3 is 20.6 Å². The zero-order chi connectivity index (χ0) is 18.0. The summed E-state index contributed by atoms with van der Waals surface area (Å²) in [6.07, 6.45) is 0.732. The second kappa shape index (κ2) is 6.54. The fourth-order valence-corrected chi connectivity index (χ4v) is 2.77. The molecule has 8 heteroatoms. The number of nitrogens with zero attached hydrogens (tertiary/aromatic N) is 1. The summed E-state index contributed by atoms with van der Waals surface area (Å²) in [7, 11) is 0. The lowest BCUT2D eigenvalue weighted by Gasteiger charge is -2.26. The van der Waals surface area contributed by atoms with Crippen molar-refractivity contribution in [1.29, 1.82) is 0 Å². The highest BCUT2D eigenvalue weighted by Crippen LogP contribution is 2.46. The highest BCUT2D eigenvalue weighted by Gasteiger charge is 2.56. The van der Waals surface area contributed by atoms with Gasteiger partial charge in [0.2, 0.25) is 11.8 Å². The SMILES string of the molecule is O=C1CN(C(=O)c2ccc(CNC(=O)C3(C(=O)O)CC3)cc2)CCN1. The molecule has 1 aromatic carbocycles. The molecule has 2 aliphatic rings. The topological polar surface area (TPSA) is 116 Å². The lowest BCUT2D eigenvalue weighted by Crippen LogP contribution is -2.49. The van der Waals surface area contributed by atoms with Crippen LogP contribution in [0.3, 0.4) is 0 Å². The number of amides is 3. The molecule has 3 N–H and O–H groups in total. The first kappa shape index (κ1) is 16.9. The molecule has 1 aliphatic heterocycles. The van der Waals surface area contributed by atoms with Gasteiger partial charge in [-0.15, -0.1) is 0 Å². The van der Waals surface area contributed by atoms with E-state index in [1.54, 1.807) is 24.3 Å². The Labute approximate surface area is 144 Å². The van der Waals surface area contributed by atoms with E-state index in [2.05, 4.69) is 10.6 Å². The van der Waals surface area contributed by atoms with Crippen LogP contribution in [-0.2, 0) is 20.9 Å². The molecule has 8 nitrogen and oxygen atoms in total. The monoisotopic (exact) mass is 345 g/mol. The number of nitrogens with one attached hydrogen (secondary N) is 2. The van der Waals surface area contributed by atoms with Crippen LogP contribution in [0.1, 0.15) is 28.8 Å². The lowest BCUT2D eigenvalue weighted by atomic mass is 10.1. The highest BCUT2D eigenvalue weighted by molar-refractivity contribution is 6.04. The summed E-state index contributed by atoms with van der Waals surface area (Å²) in [5, 5.41) is 14.4. The van der Waals surface area contributed by atoms with E-state index in [1.807, 2.05) is 0 Å². The Kier molecular flexibility index (Phi) is 4.43. The van der Waals surface area contributed by atoms with E-state index in [9.17, 15) is 19.2 Å². The first-order valence-corrected chi connectivity index (χ1v) is 8.09. The van der Waals surface area contributed by atoms with Crippen LogP contribution in [0, 0.1) is 5.41 Å². The molecular formula is C17H19N3O5. The lowest BCUT2D eigenvalue weighted by molar-refractivity contribution is -0.149. The van der Waals surface area contributed by atoms with Gasteiger partial charge in [-0.25, -0.2) is 0 Å². The fourth-order valence-electron chi connectivity index (χ4n) is 2.77. The molecule has 0 unspecified atom stereocenters. The fraction of sp³-hybridized carbons (Fsp3) is 0.412. The Balaban J connectivity index is 1.57. The van der Waals surface area contributed by atoms with Crippen LogP contribution in [0.25, 0.3) is 0 Å². The van der Waals surface area contributed by atoms with Crippen molar-refractivity contribution in [1.82, 2.24) is 15.5 Å². The molecule has 3 rings (SSSR count). The summed E-state index contributed by atoms with van der Waals surface area (Å²) in [5.74, 6) is -1.95. The second-order valence-electron chi connectivity index (χ2n) is 6.34. The van der Waals surface area contributed by atoms with Gasteiger partial charge in [-0.05, 0) is 30.5 Å². The number of hydrogen-bond donors (Lipinski definition) is 3. The molecule has 0 radical (unpaired) electrons. The molecule has 132 valence electrons. The second-order valence-corrected chi connectivity index (χ2v) is 6.34. The van der Waals surface area contributed by atoms with Crippen molar-refractivity contribution in [2.24, 2.45) is 5.41 Å². The number of hydrogen-bond acceptors (Lipinski definition) is 4. The minimum atomic E-state index is -1.26. The van der Waals surface area contributed by atoms with Gasteiger partial charge in [0.1, 0.15) is 5.41 Å². The van der Waals surface area contributed by atoms with Crippen LogP contribution in [0.4, 0.5) is 0 Å². The van der Waals surface area contributed by atoms with E-state index < -0.39 is 17.3 Å². The molecule has 1 saturated heterocycles. The van der Waals surface area contributed by atoms with Crippen LogP contribution >= 0.6 is 0 Å². The van der Waals surface area contributed by atoms with Gasteiger partial charge in [0.25, 0.3) is 5.91 Å². The molecule has 0 aromatic heterocycles. The normalized spacial score (nSPS) is 18.2. The molecule has 1 saturated carbocycles. The van der Waals surface area contributed by atoms with Crippen molar-refractivity contribution >= 4 is 23.7 Å². The molecule has 2 fully saturated rings. The third-order valence-electron chi connectivity index (χ3n) is 4.57. The largest absolute Gasteiger partial charge is 0.480 e.